The van der Waals surface area contributed by atoms with Crippen molar-refractivity contribution in [2.75, 3.05) is 0 Å². The van der Waals surface area contributed by atoms with E-state index in [-0.39, 0.29) is 24.6 Å². The number of imidazole rings is 1. The standard InChI is InChI=1S/C16H22N4O3/c1-3-9-19-12-6-4-5-7-13(12)20(16(19)23)10-8-14(21)18-11(2)15(17)22/h4-7,11H,3,8-10H2,1-2H3,(H2,17,22)(H,18,21). The van der Waals surface area contributed by atoms with Crippen LogP contribution in [0.2, 0.25) is 0 Å². The fraction of sp³-hybridized carbons (Fsp3) is 0.438. The molecule has 0 aliphatic rings. The number of carbonyl (C=O) groups excluding carboxylic acids is 2. The Morgan fingerprint density at radius 2 is 1.74 bits per heavy atom. The minimum atomic E-state index is -0.722. The molecular formula is C16H22N4O3. The van der Waals surface area contributed by atoms with Crippen LogP contribution in [0, 0.1) is 0 Å². The predicted octanol–water partition coefficient (Wildman–Crippen LogP) is 0.593. The lowest BCUT2D eigenvalue weighted by molar-refractivity contribution is -0.127. The molecule has 2 aromatic rings. The second kappa shape index (κ2) is 7.13. The first-order valence-corrected chi connectivity index (χ1v) is 7.72. The van der Waals surface area contributed by atoms with Gasteiger partial charge in [0.25, 0.3) is 0 Å². The van der Waals surface area contributed by atoms with Gasteiger partial charge in [-0.1, -0.05) is 19.1 Å². The first-order valence-electron chi connectivity index (χ1n) is 7.72. The van der Waals surface area contributed by atoms with Gasteiger partial charge in [-0.05, 0) is 25.5 Å². The highest BCUT2D eigenvalue weighted by Gasteiger charge is 2.15. The minimum Gasteiger partial charge on any atom is -0.368 e. The van der Waals surface area contributed by atoms with Crippen molar-refractivity contribution in [2.24, 2.45) is 5.73 Å². The van der Waals surface area contributed by atoms with Gasteiger partial charge in [-0.3, -0.25) is 18.7 Å². The monoisotopic (exact) mass is 318 g/mol. The lowest BCUT2D eigenvalue weighted by Gasteiger charge is -2.10. The highest BCUT2D eigenvalue weighted by Crippen LogP contribution is 2.13. The molecule has 7 heteroatoms. The number of carbonyl (C=O) groups is 2. The number of nitrogens with one attached hydrogen (secondary N) is 1. The summed E-state index contributed by atoms with van der Waals surface area (Å²) in [7, 11) is 0. The largest absolute Gasteiger partial charge is 0.368 e. The first kappa shape index (κ1) is 16.8. The van der Waals surface area contributed by atoms with E-state index in [1.807, 2.05) is 31.2 Å². The highest BCUT2D eigenvalue weighted by molar-refractivity contribution is 5.86. The number of benzene rings is 1. The number of amides is 2. The Bertz CT molecular complexity index is 775. The van der Waals surface area contributed by atoms with Crippen LogP contribution in [0.5, 0.6) is 0 Å². The lowest BCUT2D eigenvalue weighted by atomic mass is 10.3. The topological polar surface area (TPSA) is 99.1 Å². The third-order valence-corrected chi connectivity index (χ3v) is 3.74. The smallest absolute Gasteiger partial charge is 0.329 e. The minimum absolute atomic E-state index is 0.109. The Morgan fingerprint density at radius 1 is 1.17 bits per heavy atom. The molecule has 3 N–H and O–H groups in total. The first-order chi connectivity index (χ1) is 11.0. The molecule has 2 amide bonds. The normalized spacial score (nSPS) is 12.3. The summed E-state index contributed by atoms with van der Waals surface area (Å²) in [6.45, 7) is 4.43. The average molecular weight is 318 g/mol. The van der Waals surface area contributed by atoms with E-state index < -0.39 is 11.9 Å². The van der Waals surface area contributed by atoms with Crippen LogP contribution in [0.4, 0.5) is 0 Å². The molecule has 1 heterocycles. The summed E-state index contributed by atoms with van der Waals surface area (Å²) in [5.74, 6) is -0.898. The van der Waals surface area contributed by atoms with Crippen molar-refractivity contribution >= 4 is 22.8 Å². The number of hydrogen-bond donors (Lipinski definition) is 2. The molecule has 0 aliphatic heterocycles. The summed E-state index contributed by atoms with van der Waals surface area (Å²) < 4.78 is 3.32. The molecule has 0 spiro atoms. The lowest BCUT2D eigenvalue weighted by Crippen LogP contribution is -2.42. The van der Waals surface area contributed by atoms with Crippen molar-refractivity contribution in [2.45, 2.75) is 45.8 Å². The second-order valence-electron chi connectivity index (χ2n) is 5.52. The van der Waals surface area contributed by atoms with Crippen LogP contribution in [0.25, 0.3) is 11.0 Å². The van der Waals surface area contributed by atoms with E-state index in [1.165, 1.54) is 6.92 Å². The van der Waals surface area contributed by atoms with Gasteiger partial charge in [0.15, 0.2) is 0 Å². The SMILES string of the molecule is CCCn1c(=O)n(CCC(=O)NC(C)C(N)=O)c2ccccc21. The van der Waals surface area contributed by atoms with Crippen molar-refractivity contribution in [3.63, 3.8) is 0 Å². The molecule has 1 aromatic carbocycles. The molecule has 0 bridgehead atoms. The van der Waals surface area contributed by atoms with Crippen molar-refractivity contribution in [1.29, 1.82) is 0 Å². The molecule has 0 radical (unpaired) electrons. The molecule has 0 saturated carbocycles. The predicted molar refractivity (Wildman–Crippen MR) is 87.9 cm³/mol. The summed E-state index contributed by atoms with van der Waals surface area (Å²) in [6, 6.07) is 6.80. The third-order valence-electron chi connectivity index (χ3n) is 3.74. The molecule has 23 heavy (non-hydrogen) atoms. The Hall–Kier alpha value is -2.57. The average Bonchev–Trinajstić information content (AvgIpc) is 2.78. The van der Waals surface area contributed by atoms with E-state index in [2.05, 4.69) is 5.32 Å². The second-order valence-corrected chi connectivity index (χ2v) is 5.52. The van der Waals surface area contributed by atoms with Crippen molar-refractivity contribution in [3.05, 3.63) is 34.7 Å². The van der Waals surface area contributed by atoms with E-state index >= 15 is 0 Å². The molecule has 124 valence electrons. The Balaban J connectivity index is 2.20. The van der Waals surface area contributed by atoms with E-state index in [9.17, 15) is 14.4 Å². The third kappa shape index (κ3) is 3.61. The van der Waals surface area contributed by atoms with Crippen LogP contribution in [0.1, 0.15) is 26.7 Å². The molecule has 2 rings (SSSR count). The number of rotatable bonds is 7. The van der Waals surface area contributed by atoms with Gasteiger partial charge in [0.2, 0.25) is 11.8 Å². The maximum absolute atomic E-state index is 12.5. The van der Waals surface area contributed by atoms with Crippen molar-refractivity contribution in [1.82, 2.24) is 14.5 Å². The molecule has 1 atom stereocenters. The molecule has 0 saturated heterocycles. The van der Waals surface area contributed by atoms with Gasteiger partial charge in [-0.25, -0.2) is 4.79 Å². The number of para-hydroxylation sites is 2. The highest BCUT2D eigenvalue weighted by atomic mass is 16.2. The summed E-state index contributed by atoms with van der Waals surface area (Å²) in [4.78, 5) is 35.4. The van der Waals surface area contributed by atoms with Crippen LogP contribution in [-0.2, 0) is 22.7 Å². The van der Waals surface area contributed by atoms with Gasteiger partial charge in [0.1, 0.15) is 6.04 Å². The number of nitrogens with zero attached hydrogens (tertiary/aromatic N) is 2. The summed E-state index contributed by atoms with van der Waals surface area (Å²) in [5.41, 5.74) is 6.67. The number of primary amides is 1. The van der Waals surface area contributed by atoms with E-state index in [4.69, 9.17) is 5.73 Å². The maximum atomic E-state index is 12.5. The molecule has 1 unspecified atom stereocenters. The number of nitrogens with two attached hydrogens (primary N) is 1. The molecule has 0 fully saturated rings. The van der Waals surface area contributed by atoms with Gasteiger partial charge in [-0.15, -0.1) is 0 Å². The molecule has 7 nitrogen and oxygen atoms in total. The van der Waals surface area contributed by atoms with Gasteiger partial charge in [-0.2, -0.15) is 0 Å². The Kier molecular flexibility index (Phi) is 5.20. The number of fused-ring (bicyclic) bond motifs is 1. The van der Waals surface area contributed by atoms with Crippen LogP contribution in [0.15, 0.2) is 29.1 Å². The zero-order valence-electron chi connectivity index (χ0n) is 13.4. The summed E-state index contributed by atoms with van der Waals surface area (Å²) >= 11 is 0. The van der Waals surface area contributed by atoms with Gasteiger partial charge >= 0.3 is 5.69 Å². The quantitative estimate of drug-likeness (QED) is 0.781. The van der Waals surface area contributed by atoms with Crippen molar-refractivity contribution in [3.8, 4) is 0 Å². The van der Waals surface area contributed by atoms with Crippen molar-refractivity contribution < 1.29 is 9.59 Å². The fourth-order valence-corrected chi connectivity index (χ4v) is 2.53. The van der Waals surface area contributed by atoms with Gasteiger partial charge in [0, 0.05) is 19.5 Å². The molecular weight excluding hydrogens is 296 g/mol. The molecule has 0 aliphatic carbocycles. The van der Waals surface area contributed by atoms with Crippen LogP contribution in [-0.4, -0.2) is 27.0 Å². The van der Waals surface area contributed by atoms with E-state index in [0.717, 1.165) is 17.5 Å². The van der Waals surface area contributed by atoms with Crippen LogP contribution >= 0.6 is 0 Å². The zero-order valence-corrected chi connectivity index (χ0v) is 13.4. The zero-order chi connectivity index (χ0) is 17.0. The summed E-state index contributed by atoms with van der Waals surface area (Å²) in [6.07, 6.45) is 0.961. The number of hydrogen-bond acceptors (Lipinski definition) is 3. The summed E-state index contributed by atoms with van der Waals surface area (Å²) in [5, 5.41) is 2.51. The van der Waals surface area contributed by atoms with E-state index in [0.29, 0.717) is 6.54 Å². The Morgan fingerprint density at radius 3 is 2.26 bits per heavy atom. The number of aromatic nitrogens is 2. The van der Waals surface area contributed by atoms with E-state index in [1.54, 1.807) is 9.13 Å². The van der Waals surface area contributed by atoms with Gasteiger partial charge < -0.3 is 11.1 Å². The van der Waals surface area contributed by atoms with Gasteiger partial charge in [0.05, 0.1) is 11.0 Å². The van der Waals surface area contributed by atoms with Crippen LogP contribution in [0.3, 0.4) is 0 Å². The Labute approximate surface area is 134 Å². The molecule has 1 aromatic heterocycles. The maximum Gasteiger partial charge on any atom is 0.329 e. The fourth-order valence-electron chi connectivity index (χ4n) is 2.53. The van der Waals surface area contributed by atoms with Crippen LogP contribution < -0.4 is 16.7 Å². The number of aryl methyl sites for hydroxylation is 2.